The van der Waals surface area contributed by atoms with E-state index in [0.717, 1.165) is 5.56 Å². The van der Waals surface area contributed by atoms with Gasteiger partial charge in [0.1, 0.15) is 0 Å². The second kappa shape index (κ2) is 6.34. The highest BCUT2D eigenvalue weighted by molar-refractivity contribution is 7.89. The van der Waals surface area contributed by atoms with E-state index < -0.39 is 10.0 Å². The Balaban J connectivity index is 2.08. The number of nitrogens with one attached hydrogen (secondary N) is 1. The second-order valence-corrected chi connectivity index (χ2v) is 5.87. The van der Waals surface area contributed by atoms with Crippen molar-refractivity contribution in [1.82, 2.24) is 0 Å². The van der Waals surface area contributed by atoms with E-state index in [9.17, 15) is 13.2 Å². The van der Waals surface area contributed by atoms with Gasteiger partial charge in [-0.05, 0) is 29.8 Å². The Morgan fingerprint density at radius 3 is 2.43 bits per heavy atom. The van der Waals surface area contributed by atoms with Crippen LogP contribution in [0.5, 0.6) is 0 Å². The molecule has 0 bridgehead atoms. The molecule has 0 unspecified atom stereocenters. The first-order chi connectivity index (χ1) is 9.95. The molecule has 2 aromatic rings. The van der Waals surface area contributed by atoms with Gasteiger partial charge in [0.2, 0.25) is 15.9 Å². The molecule has 0 heterocycles. The molecule has 0 saturated carbocycles. The average Bonchev–Trinajstić information content (AvgIpc) is 2.46. The predicted octanol–water partition coefficient (Wildman–Crippen LogP) is 1.99. The van der Waals surface area contributed by atoms with Crippen LogP contribution < -0.4 is 10.5 Å². The number of hydrogen-bond donors (Lipinski definition) is 2. The number of nitrogens with two attached hydrogens (primary N) is 1. The maximum Gasteiger partial charge on any atom is 0.248 e. The molecule has 1 amide bonds. The van der Waals surface area contributed by atoms with Crippen molar-refractivity contribution in [1.29, 1.82) is 0 Å². The highest BCUT2D eigenvalue weighted by Crippen LogP contribution is 2.14. The average molecular weight is 302 g/mol. The zero-order valence-electron chi connectivity index (χ0n) is 11.1. The lowest BCUT2D eigenvalue weighted by Gasteiger charge is -2.04. The fourth-order valence-electron chi connectivity index (χ4n) is 1.67. The zero-order valence-corrected chi connectivity index (χ0v) is 11.9. The van der Waals surface area contributed by atoms with Gasteiger partial charge >= 0.3 is 0 Å². The highest BCUT2D eigenvalue weighted by atomic mass is 32.2. The molecular weight excluding hydrogens is 288 g/mol. The lowest BCUT2D eigenvalue weighted by Crippen LogP contribution is -2.13. The SMILES string of the molecule is NS(=O)(=O)c1cccc(NC(=O)/C=C/c2ccccc2)c1. The summed E-state index contributed by atoms with van der Waals surface area (Å²) in [6.45, 7) is 0. The number of primary sulfonamides is 1. The molecule has 21 heavy (non-hydrogen) atoms. The van der Waals surface area contributed by atoms with Crippen LogP contribution in [0.25, 0.3) is 6.08 Å². The van der Waals surface area contributed by atoms with E-state index in [1.54, 1.807) is 12.1 Å². The summed E-state index contributed by atoms with van der Waals surface area (Å²) in [5.41, 5.74) is 1.26. The number of hydrogen-bond acceptors (Lipinski definition) is 3. The Labute approximate surface area is 123 Å². The van der Waals surface area contributed by atoms with E-state index in [1.165, 1.54) is 24.3 Å². The van der Waals surface area contributed by atoms with Crippen molar-refractivity contribution in [3.8, 4) is 0 Å². The number of benzene rings is 2. The molecule has 3 N–H and O–H groups in total. The van der Waals surface area contributed by atoms with Crippen LogP contribution >= 0.6 is 0 Å². The number of carbonyl (C=O) groups is 1. The van der Waals surface area contributed by atoms with Gasteiger partial charge in [0.25, 0.3) is 0 Å². The summed E-state index contributed by atoms with van der Waals surface area (Å²) < 4.78 is 22.5. The minimum Gasteiger partial charge on any atom is -0.322 e. The van der Waals surface area contributed by atoms with Crippen LogP contribution in [0.15, 0.2) is 65.6 Å². The van der Waals surface area contributed by atoms with Crippen LogP contribution in [0, 0.1) is 0 Å². The van der Waals surface area contributed by atoms with E-state index in [4.69, 9.17) is 5.14 Å². The van der Waals surface area contributed by atoms with E-state index in [0.29, 0.717) is 5.69 Å². The number of carbonyl (C=O) groups excluding carboxylic acids is 1. The molecule has 108 valence electrons. The highest BCUT2D eigenvalue weighted by Gasteiger charge is 2.08. The minimum atomic E-state index is -3.79. The van der Waals surface area contributed by atoms with Crippen molar-refractivity contribution in [2.75, 3.05) is 5.32 Å². The van der Waals surface area contributed by atoms with Crippen molar-refractivity contribution in [3.63, 3.8) is 0 Å². The van der Waals surface area contributed by atoms with Crippen LogP contribution in [0.1, 0.15) is 5.56 Å². The summed E-state index contributed by atoms with van der Waals surface area (Å²) >= 11 is 0. The Bertz CT molecular complexity index is 769. The molecule has 0 fully saturated rings. The molecule has 0 atom stereocenters. The van der Waals surface area contributed by atoms with Gasteiger partial charge in [-0.15, -0.1) is 0 Å². The van der Waals surface area contributed by atoms with Crippen LogP contribution in [-0.2, 0) is 14.8 Å². The fraction of sp³-hybridized carbons (Fsp3) is 0. The first-order valence-corrected chi connectivity index (χ1v) is 7.67. The summed E-state index contributed by atoms with van der Waals surface area (Å²) in [7, 11) is -3.79. The topological polar surface area (TPSA) is 89.3 Å². The van der Waals surface area contributed by atoms with Crippen LogP contribution in [0.2, 0.25) is 0 Å². The third-order valence-electron chi connectivity index (χ3n) is 2.66. The first-order valence-electron chi connectivity index (χ1n) is 6.12. The van der Waals surface area contributed by atoms with Crippen molar-refractivity contribution >= 4 is 27.7 Å². The summed E-state index contributed by atoms with van der Waals surface area (Å²) in [4.78, 5) is 11.7. The van der Waals surface area contributed by atoms with Crippen molar-refractivity contribution in [3.05, 3.63) is 66.2 Å². The quantitative estimate of drug-likeness (QED) is 0.846. The van der Waals surface area contributed by atoms with E-state index in [1.807, 2.05) is 30.3 Å². The third-order valence-corrected chi connectivity index (χ3v) is 3.57. The van der Waals surface area contributed by atoms with E-state index in [2.05, 4.69) is 5.32 Å². The lowest BCUT2D eigenvalue weighted by molar-refractivity contribution is -0.111. The Hall–Kier alpha value is -2.44. The van der Waals surface area contributed by atoms with Crippen molar-refractivity contribution in [2.45, 2.75) is 4.90 Å². The molecule has 0 aliphatic carbocycles. The van der Waals surface area contributed by atoms with Gasteiger partial charge in [0.05, 0.1) is 4.90 Å². The maximum atomic E-state index is 11.8. The fourth-order valence-corrected chi connectivity index (χ4v) is 2.23. The molecule has 0 saturated heterocycles. The van der Waals surface area contributed by atoms with Crippen LogP contribution in [0.3, 0.4) is 0 Å². The lowest BCUT2D eigenvalue weighted by atomic mass is 10.2. The Morgan fingerprint density at radius 2 is 1.76 bits per heavy atom. The normalized spacial score (nSPS) is 11.5. The number of rotatable bonds is 4. The maximum absolute atomic E-state index is 11.8. The van der Waals surface area contributed by atoms with E-state index in [-0.39, 0.29) is 10.8 Å². The Morgan fingerprint density at radius 1 is 1.05 bits per heavy atom. The van der Waals surface area contributed by atoms with Gasteiger partial charge in [-0.1, -0.05) is 36.4 Å². The molecule has 0 aliphatic rings. The molecule has 5 nitrogen and oxygen atoms in total. The first kappa shape index (κ1) is 15.0. The van der Waals surface area contributed by atoms with Crippen molar-refractivity contribution in [2.24, 2.45) is 5.14 Å². The van der Waals surface area contributed by atoms with Gasteiger partial charge < -0.3 is 5.32 Å². The number of anilines is 1. The summed E-state index contributed by atoms with van der Waals surface area (Å²) in [6, 6.07) is 15.1. The van der Waals surface area contributed by atoms with Crippen LogP contribution in [-0.4, -0.2) is 14.3 Å². The smallest absolute Gasteiger partial charge is 0.248 e. The second-order valence-electron chi connectivity index (χ2n) is 4.31. The van der Waals surface area contributed by atoms with Gasteiger partial charge in [0, 0.05) is 11.8 Å². The van der Waals surface area contributed by atoms with Crippen LogP contribution in [0.4, 0.5) is 5.69 Å². The standard InChI is InChI=1S/C15H14N2O3S/c16-21(19,20)14-8-4-7-13(11-14)17-15(18)10-9-12-5-2-1-3-6-12/h1-11H,(H,17,18)(H2,16,19,20)/b10-9+. The molecule has 2 rings (SSSR count). The molecule has 0 aromatic heterocycles. The summed E-state index contributed by atoms with van der Waals surface area (Å²) in [5, 5.41) is 7.62. The van der Waals surface area contributed by atoms with Gasteiger partial charge in [-0.2, -0.15) is 0 Å². The molecule has 0 aliphatic heterocycles. The zero-order chi connectivity index (χ0) is 15.3. The number of sulfonamides is 1. The molecule has 0 radical (unpaired) electrons. The molecular formula is C15H14N2O3S. The van der Waals surface area contributed by atoms with Gasteiger partial charge in [-0.25, -0.2) is 13.6 Å². The van der Waals surface area contributed by atoms with Gasteiger partial charge in [0.15, 0.2) is 0 Å². The molecule has 2 aromatic carbocycles. The number of amides is 1. The van der Waals surface area contributed by atoms with E-state index >= 15 is 0 Å². The predicted molar refractivity (Wildman–Crippen MR) is 81.9 cm³/mol. The third kappa shape index (κ3) is 4.55. The molecule has 0 spiro atoms. The Kier molecular flexibility index (Phi) is 4.52. The largest absolute Gasteiger partial charge is 0.322 e. The monoisotopic (exact) mass is 302 g/mol. The van der Waals surface area contributed by atoms with Gasteiger partial charge in [-0.3, -0.25) is 4.79 Å². The minimum absolute atomic E-state index is 0.0488. The summed E-state index contributed by atoms with van der Waals surface area (Å²) in [6.07, 6.45) is 3.04. The molecule has 6 heteroatoms. The summed E-state index contributed by atoms with van der Waals surface area (Å²) in [5.74, 6) is -0.356. The van der Waals surface area contributed by atoms with Crippen molar-refractivity contribution < 1.29 is 13.2 Å².